The first-order valence-electron chi connectivity index (χ1n) is 7.53. The molecular weight excluding hydrogens is 287 g/mol. The number of rotatable bonds is 5. The van der Waals surface area contributed by atoms with Crippen LogP contribution < -0.4 is 5.32 Å². The van der Waals surface area contributed by atoms with Crippen molar-refractivity contribution in [3.63, 3.8) is 0 Å². The van der Waals surface area contributed by atoms with E-state index in [9.17, 15) is 9.50 Å². The molecule has 2 N–H and O–H groups in total. The van der Waals surface area contributed by atoms with Crippen molar-refractivity contribution in [2.24, 2.45) is 0 Å². The van der Waals surface area contributed by atoms with Crippen LogP contribution in [0.3, 0.4) is 0 Å². The van der Waals surface area contributed by atoms with Crippen molar-refractivity contribution in [2.45, 2.75) is 50.3 Å². The fourth-order valence-electron chi connectivity index (χ4n) is 2.97. The lowest BCUT2D eigenvalue weighted by Gasteiger charge is -2.35. The van der Waals surface area contributed by atoms with Crippen LogP contribution in [0.2, 0.25) is 0 Å². The maximum absolute atomic E-state index is 12.8. The van der Waals surface area contributed by atoms with Gasteiger partial charge in [0.1, 0.15) is 12.4 Å². The van der Waals surface area contributed by atoms with Crippen LogP contribution in [0.15, 0.2) is 12.4 Å². The molecule has 7 nitrogen and oxygen atoms in total. The molecule has 2 aliphatic rings. The molecule has 0 unspecified atom stereocenters. The molecule has 0 atom stereocenters. The zero-order valence-corrected chi connectivity index (χ0v) is 12.0. The zero-order valence-electron chi connectivity index (χ0n) is 12.0. The van der Waals surface area contributed by atoms with Crippen LogP contribution in [0.1, 0.15) is 49.3 Å². The maximum atomic E-state index is 12.8. The van der Waals surface area contributed by atoms with Gasteiger partial charge in [-0.15, -0.1) is 10.2 Å². The normalized spacial score (nSPS) is 24.1. The van der Waals surface area contributed by atoms with Crippen molar-refractivity contribution < 1.29 is 9.50 Å². The molecule has 2 aromatic heterocycles. The lowest BCUT2D eigenvalue weighted by Crippen LogP contribution is -2.36. The molecular formula is C14H17FN6O. The molecule has 2 aromatic rings. The number of nitrogens with zero attached hydrogens (tertiary/aromatic N) is 5. The van der Waals surface area contributed by atoms with E-state index in [2.05, 4.69) is 30.0 Å². The summed E-state index contributed by atoms with van der Waals surface area (Å²) < 4.78 is 14.9. The number of aliphatic hydroxyl groups is 1. The van der Waals surface area contributed by atoms with Gasteiger partial charge in [0.2, 0.25) is 5.95 Å². The third kappa shape index (κ3) is 2.43. The second kappa shape index (κ2) is 5.28. The molecule has 4 rings (SSSR count). The van der Waals surface area contributed by atoms with Gasteiger partial charge in [-0.3, -0.25) is 0 Å². The number of hydrogen-bond donors (Lipinski definition) is 2. The molecule has 0 bridgehead atoms. The Morgan fingerprint density at radius 1 is 1.23 bits per heavy atom. The van der Waals surface area contributed by atoms with Crippen LogP contribution in [0.4, 0.5) is 10.3 Å². The molecule has 0 aromatic carbocycles. The second-order valence-corrected chi connectivity index (χ2v) is 5.97. The minimum atomic E-state index is -0.439. The molecule has 2 heterocycles. The lowest BCUT2D eigenvalue weighted by atomic mass is 9.79. The van der Waals surface area contributed by atoms with Gasteiger partial charge in [-0.1, -0.05) is 0 Å². The minimum Gasteiger partial charge on any atom is -0.388 e. The first-order chi connectivity index (χ1) is 10.7. The highest BCUT2D eigenvalue weighted by Crippen LogP contribution is 2.43. The van der Waals surface area contributed by atoms with Crippen LogP contribution >= 0.6 is 0 Å². The highest BCUT2D eigenvalue weighted by molar-refractivity contribution is 5.28. The van der Waals surface area contributed by atoms with Gasteiger partial charge in [-0.25, -0.2) is 14.4 Å². The largest absolute Gasteiger partial charge is 0.388 e. The predicted molar refractivity (Wildman–Crippen MR) is 75.6 cm³/mol. The molecule has 0 saturated heterocycles. The van der Waals surface area contributed by atoms with Crippen LogP contribution in [-0.2, 0) is 6.61 Å². The van der Waals surface area contributed by atoms with Crippen LogP contribution in [0, 0.1) is 5.82 Å². The predicted octanol–water partition coefficient (Wildman–Crippen LogP) is 1.39. The van der Waals surface area contributed by atoms with Crippen molar-refractivity contribution in [2.75, 3.05) is 5.32 Å². The van der Waals surface area contributed by atoms with E-state index in [1.54, 1.807) is 0 Å². The van der Waals surface area contributed by atoms with Crippen molar-refractivity contribution in [1.82, 2.24) is 24.7 Å². The minimum absolute atomic E-state index is 0.0681. The quantitative estimate of drug-likeness (QED) is 0.868. The maximum Gasteiger partial charge on any atom is 0.222 e. The third-order valence-corrected chi connectivity index (χ3v) is 4.30. The Hall–Kier alpha value is -2.09. The molecule has 2 saturated carbocycles. The van der Waals surface area contributed by atoms with E-state index in [0.29, 0.717) is 23.7 Å². The van der Waals surface area contributed by atoms with Crippen molar-refractivity contribution in [3.8, 4) is 0 Å². The molecule has 22 heavy (non-hydrogen) atoms. The average molecular weight is 304 g/mol. The van der Waals surface area contributed by atoms with Crippen LogP contribution in [-0.4, -0.2) is 35.9 Å². The first-order valence-corrected chi connectivity index (χ1v) is 7.53. The monoisotopic (exact) mass is 304 g/mol. The SMILES string of the molecule is OCc1nnc(C2CC(Nc3ncc(F)cn3)C2)n1C1CC1. The highest BCUT2D eigenvalue weighted by atomic mass is 19.1. The van der Waals surface area contributed by atoms with Crippen LogP contribution in [0.25, 0.3) is 0 Å². The zero-order chi connectivity index (χ0) is 15.1. The summed E-state index contributed by atoms with van der Waals surface area (Å²) in [4.78, 5) is 7.82. The summed E-state index contributed by atoms with van der Waals surface area (Å²) in [5, 5.41) is 20.9. The summed E-state index contributed by atoms with van der Waals surface area (Å²) in [6, 6.07) is 0.719. The molecule has 2 aliphatic carbocycles. The third-order valence-electron chi connectivity index (χ3n) is 4.30. The van der Waals surface area contributed by atoms with Crippen molar-refractivity contribution >= 4 is 5.95 Å². The Morgan fingerprint density at radius 3 is 2.59 bits per heavy atom. The smallest absolute Gasteiger partial charge is 0.222 e. The Kier molecular flexibility index (Phi) is 3.25. The van der Waals surface area contributed by atoms with E-state index >= 15 is 0 Å². The molecule has 8 heteroatoms. The summed E-state index contributed by atoms with van der Waals surface area (Å²) in [6.45, 7) is -0.0681. The molecule has 0 spiro atoms. The second-order valence-electron chi connectivity index (χ2n) is 5.97. The lowest BCUT2D eigenvalue weighted by molar-refractivity contribution is 0.262. The summed E-state index contributed by atoms with van der Waals surface area (Å²) in [5.74, 6) is 1.99. The number of nitrogens with one attached hydrogen (secondary N) is 1. The van der Waals surface area contributed by atoms with Gasteiger partial charge in [-0.05, 0) is 25.7 Å². The summed E-state index contributed by atoms with van der Waals surface area (Å²) >= 11 is 0. The fraction of sp³-hybridized carbons (Fsp3) is 0.571. The van der Waals surface area contributed by atoms with Crippen molar-refractivity contribution in [3.05, 3.63) is 29.9 Å². The van der Waals surface area contributed by atoms with Gasteiger partial charge in [0.05, 0.1) is 12.4 Å². The molecule has 0 aliphatic heterocycles. The number of halogens is 1. The molecule has 0 amide bonds. The van der Waals surface area contributed by atoms with Crippen LogP contribution in [0.5, 0.6) is 0 Å². The summed E-state index contributed by atoms with van der Waals surface area (Å²) in [5.41, 5.74) is 0. The van der Waals surface area contributed by atoms with E-state index < -0.39 is 5.82 Å². The highest BCUT2D eigenvalue weighted by Gasteiger charge is 2.38. The van der Waals surface area contributed by atoms with Gasteiger partial charge in [0, 0.05) is 18.0 Å². The van der Waals surface area contributed by atoms with Gasteiger partial charge < -0.3 is 15.0 Å². The van der Waals surface area contributed by atoms with Gasteiger partial charge in [0.15, 0.2) is 11.6 Å². The van der Waals surface area contributed by atoms with Gasteiger partial charge in [-0.2, -0.15) is 0 Å². The number of hydrogen-bond acceptors (Lipinski definition) is 6. The average Bonchev–Trinajstić information content (AvgIpc) is 3.24. The van der Waals surface area contributed by atoms with E-state index in [1.807, 2.05) is 0 Å². The Balaban J connectivity index is 1.41. The van der Waals surface area contributed by atoms with Gasteiger partial charge in [0.25, 0.3) is 0 Å². The van der Waals surface area contributed by atoms with Gasteiger partial charge >= 0.3 is 0 Å². The van der Waals surface area contributed by atoms with E-state index in [0.717, 1.165) is 43.9 Å². The number of aromatic nitrogens is 5. The molecule has 116 valence electrons. The Bertz CT molecular complexity index is 662. The molecule has 2 fully saturated rings. The van der Waals surface area contributed by atoms with E-state index in [-0.39, 0.29) is 12.6 Å². The first kappa shape index (κ1) is 13.6. The number of aliphatic hydroxyl groups excluding tert-OH is 1. The molecule has 0 radical (unpaired) electrons. The Labute approximate surface area is 126 Å². The fourth-order valence-corrected chi connectivity index (χ4v) is 2.97. The topological polar surface area (TPSA) is 88.8 Å². The summed E-state index contributed by atoms with van der Waals surface area (Å²) in [6.07, 6.45) is 6.41. The standard InChI is InChI=1S/C14H17FN6O/c15-9-5-16-14(17-6-9)18-10-3-8(4-10)13-20-19-12(7-22)21(13)11-1-2-11/h5-6,8,10-11,22H,1-4,7H2,(H,16,17,18). The van der Waals surface area contributed by atoms with E-state index in [1.165, 1.54) is 0 Å². The van der Waals surface area contributed by atoms with E-state index in [4.69, 9.17) is 0 Å². The van der Waals surface area contributed by atoms with Crippen molar-refractivity contribution in [1.29, 1.82) is 0 Å². The Morgan fingerprint density at radius 2 is 1.95 bits per heavy atom. The number of anilines is 1. The summed E-state index contributed by atoms with van der Waals surface area (Å²) in [7, 11) is 0.